The molecular formula is C14H28N2O. The maximum atomic E-state index is 12.6. The van der Waals surface area contributed by atoms with Crippen molar-refractivity contribution in [2.45, 2.75) is 59.4 Å². The van der Waals surface area contributed by atoms with Crippen molar-refractivity contribution in [2.24, 2.45) is 17.1 Å². The average molecular weight is 240 g/mol. The Balaban J connectivity index is 2.78. The van der Waals surface area contributed by atoms with Crippen LogP contribution in [0.15, 0.2) is 0 Å². The quantitative estimate of drug-likeness (QED) is 0.742. The number of amides is 1. The first-order valence-corrected chi connectivity index (χ1v) is 7.01. The Kier molecular flexibility index (Phi) is 4.99. The van der Waals surface area contributed by atoms with Crippen LogP contribution in [0, 0.1) is 11.3 Å². The lowest BCUT2D eigenvalue weighted by Gasteiger charge is -2.35. The molecule has 0 aromatic carbocycles. The minimum Gasteiger partial charge on any atom is -0.339 e. The summed E-state index contributed by atoms with van der Waals surface area (Å²) in [6.45, 7) is 10.1. The molecule has 1 fully saturated rings. The average Bonchev–Trinajstić information content (AvgIpc) is 3.08. The van der Waals surface area contributed by atoms with Crippen molar-refractivity contribution in [3.63, 3.8) is 0 Å². The molecule has 0 aromatic heterocycles. The summed E-state index contributed by atoms with van der Waals surface area (Å²) in [5.74, 6) is 0.829. The van der Waals surface area contributed by atoms with Gasteiger partial charge in [-0.3, -0.25) is 4.79 Å². The summed E-state index contributed by atoms with van der Waals surface area (Å²) in [7, 11) is 0. The summed E-state index contributed by atoms with van der Waals surface area (Å²) in [5.41, 5.74) is 5.58. The smallest absolute Gasteiger partial charge is 0.230 e. The van der Waals surface area contributed by atoms with Gasteiger partial charge in [-0.05, 0) is 31.6 Å². The Morgan fingerprint density at radius 3 is 2.12 bits per heavy atom. The van der Waals surface area contributed by atoms with Crippen molar-refractivity contribution in [3.8, 4) is 0 Å². The fourth-order valence-corrected chi connectivity index (χ4v) is 2.48. The van der Waals surface area contributed by atoms with Crippen LogP contribution < -0.4 is 5.73 Å². The maximum Gasteiger partial charge on any atom is 0.230 e. The van der Waals surface area contributed by atoms with Crippen LogP contribution in [0.3, 0.4) is 0 Å². The van der Waals surface area contributed by atoms with E-state index in [9.17, 15) is 4.79 Å². The van der Waals surface area contributed by atoms with Crippen molar-refractivity contribution in [2.75, 3.05) is 13.1 Å². The molecule has 0 aliphatic heterocycles. The molecule has 0 saturated heterocycles. The summed E-state index contributed by atoms with van der Waals surface area (Å²) < 4.78 is 0. The van der Waals surface area contributed by atoms with E-state index in [4.69, 9.17) is 5.73 Å². The van der Waals surface area contributed by atoms with Gasteiger partial charge < -0.3 is 10.6 Å². The van der Waals surface area contributed by atoms with E-state index in [1.807, 2.05) is 0 Å². The van der Waals surface area contributed by atoms with Gasteiger partial charge in [0.15, 0.2) is 0 Å². The largest absolute Gasteiger partial charge is 0.339 e. The van der Waals surface area contributed by atoms with E-state index in [1.54, 1.807) is 0 Å². The van der Waals surface area contributed by atoms with E-state index in [0.29, 0.717) is 24.4 Å². The van der Waals surface area contributed by atoms with E-state index < -0.39 is 0 Å². The summed E-state index contributed by atoms with van der Waals surface area (Å²) in [5, 5.41) is 0. The lowest BCUT2D eigenvalue weighted by molar-refractivity contribution is -0.140. The second-order valence-electron chi connectivity index (χ2n) is 5.81. The summed E-state index contributed by atoms with van der Waals surface area (Å²) in [4.78, 5) is 14.7. The van der Waals surface area contributed by atoms with Crippen molar-refractivity contribution in [1.29, 1.82) is 0 Å². The van der Waals surface area contributed by atoms with Crippen LogP contribution in [0.25, 0.3) is 0 Å². The molecule has 0 radical (unpaired) electrons. The molecule has 17 heavy (non-hydrogen) atoms. The number of carbonyl (C=O) groups excluding carboxylic acids is 1. The van der Waals surface area contributed by atoms with E-state index in [1.165, 1.54) is 0 Å². The van der Waals surface area contributed by atoms with Gasteiger partial charge in [-0.25, -0.2) is 0 Å². The lowest BCUT2D eigenvalue weighted by atomic mass is 10.0. The third kappa shape index (κ3) is 3.21. The fourth-order valence-electron chi connectivity index (χ4n) is 2.48. The van der Waals surface area contributed by atoms with Gasteiger partial charge in [-0.2, -0.15) is 0 Å². The van der Waals surface area contributed by atoms with E-state index in [-0.39, 0.29) is 5.41 Å². The highest BCUT2D eigenvalue weighted by molar-refractivity contribution is 5.86. The van der Waals surface area contributed by atoms with Crippen LogP contribution >= 0.6 is 0 Å². The first-order chi connectivity index (χ1) is 8.00. The van der Waals surface area contributed by atoms with Crippen molar-refractivity contribution in [1.82, 2.24) is 4.90 Å². The number of nitrogens with zero attached hydrogens (tertiary/aromatic N) is 1. The minimum absolute atomic E-state index is 0.197. The third-order valence-electron chi connectivity index (χ3n) is 3.90. The third-order valence-corrected chi connectivity index (χ3v) is 3.90. The fraction of sp³-hybridized carbons (Fsp3) is 0.929. The van der Waals surface area contributed by atoms with E-state index in [0.717, 1.165) is 32.2 Å². The molecule has 1 amide bonds. The van der Waals surface area contributed by atoms with Crippen LogP contribution in [0.5, 0.6) is 0 Å². The van der Waals surface area contributed by atoms with Crippen LogP contribution in [-0.4, -0.2) is 29.9 Å². The van der Waals surface area contributed by atoms with Crippen LogP contribution in [-0.2, 0) is 4.79 Å². The molecule has 3 nitrogen and oxygen atoms in total. The minimum atomic E-state index is -0.197. The first-order valence-electron chi connectivity index (χ1n) is 7.01. The number of nitrogens with two attached hydrogens (primary N) is 1. The van der Waals surface area contributed by atoms with Crippen molar-refractivity contribution >= 4 is 5.91 Å². The SMILES string of the molecule is CCC(CC)N(CC(C)C)C(=O)C1(CN)CC1. The topological polar surface area (TPSA) is 46.3 Å². The van der Waals surface area contributed by atoms with E-state index >= 15 is 0 Å². The van der Waals surface area contributed by atoms with Crippen LogP contribution in [0.2, 0.25) is 0 Å². The van der Waals surface area contributed by atoms with Gasteiger partial charge in [0.05, 0.1) is 5.41 Å². The normalized spacial score (nSPS) is 17.6. The Bertz CT molecular complexity index is 255. The van der Waals surface area contributed by atoms with Crippen LogP contribution in [0.4, 0.5) is 0 Å². The zero-order valence-corrected chi connectivity index (χ0v) is 11.8. The van der Waals surface area contributed by atoms with Crippen molar-refractivity contribution in [3.05, 3.63) is 0 Å². The molecular weight excluding hydrogens is 212 g/mol. The van der Waals surface area contributed by atoms with Crippen LogP contribution in [0.1, 0.15) is 53.4 Å². The van der Waals surface area contributed by atoms with Gasteiger partial charge in [-0.1, -0.05) is 27.7 Å². The van der Waals surface area contributed by atoms with Gasteiger partial charge in [0.1, 0.15) is 0 Å². The molecule has 1 saturated carbocycles. The van der Waals surface area contributed by atoms with Gasteiger partial charge in [0.25, 0.3) is 0 Å². The molecule has 0 aromatic rings. The number of carbonyl (C=O) groups is 1. The van der Waals surface area contributed by atoms with E-state index in [2.05, 4.69) is 32.6 Å². The second-order valence-corrected chi connectivity index (χ2v) is 5.81. The zero-order chi connectivity index (χ0) is 13.1. The Labute approximate surface area is 106 Å². The predicted octanol–water partition coefficient (Wildman–Crippen LogP) is 2.40. The van der Waals surface area contributed by atoms with Gasteiger partial charge in [0, 0.05) is 19.1 Å². The summed E-state index contributed by atoms with van der Waals surface area (Å²) >= 11 is 0. The predicted molar refractivity (Wildman–Crippen MR) is 71.6 cm³/mol. The molecule has 1 aliphatic carbocycles. The number of hydrogen-bond acceptors (Lipinski definition) is 2. The standard InChI is InChI=1S/C14H28N2O/c1-5-12(6-2)16(9-11(3)4)13(17)14(10-15)7-8-14/h11-12H,5-10,15H2,1-4H3. The van der Waals surface area contributed by atoms with Gasteiger partial charge >= 0.3 is 0 Å². The molecule has 0 atom stereocenters. The summed E-state index contributed by atoms with van der Waals surface area (Å²) in [6, 6.07) is 0.383. The molecule has 1 rings (SSSR count). The highest BCUT2D eigenvalue weighted by Crippen LogP contribution is 2.46. The lowest BCUT2D eigenvalue weighted by Crippen LogP contribution is -2.47. The highest BCUT2D eigenvalue weighted by Gasteiger charge is 2.51. The molecule has 3 heteroatoms. The molecule has 1 aliphatic rings. The molecule has 100 valence electrons. The monoisotopic (exact) mass is 240 g/mol. The Morgan fingerprint density at radius 2 is 1.82 bits per heavy atom. The molecule has 0 heterocycles. The highest BCUT2D eigenvalue weighted by atomic mass is 16.2. The maximum absolute atomic E-state index is 12.6. The van der Waals surface area contributed by atoms with Gasteiger partial charge in [0.2, 0.25) is 5.91 Å². The Hall–Kier alpha value is -0.570. The first kappa shape index (κ1) is 14.5. The molecule has 0 unspecified atom stereocenters. The number of hydrogen-bond donors (Lipinski definition) is 1. The number of rotatable bonds is 7. The molecule has 2 N–H and O–H groups in total. The summed E-state index contributed by atoms with van der Waals surface area (Å²) in [6.07, 6.45) is 4.04. The molecule has 0 bridgehead atoms. The second kappa shape index (κ2) is 5.85. The Morgan fingerprint density at radius 1 is 1.29 bits per heavy atom. The zero-order valence-electron chi connectivity index (χ0n) is 11.8. The van der Waals surface area contributed by atoms with Gasteiger partial charge in [-0.15, -0.1) is 0 Å². The molecule has 0 spiro atoms. The van der Waals surface area contributed by atoms with Crippen molar-refractivity contribution < 1.29 is 4.79 Å².